The van der Waals surface area contributed by atoms with Crippen molar-refractivity contribution in [2.45, 2.75) is 38.3 Å². The first-order valence-corrected chi connectivity index (χ1v) is 7.51. The summed E-state index contributed by atoms with van der Waals surface area (Å²) >= 11 is 0. The molecule has 1 aliphatic carbocycles. The van der Waals surface area contributed by atoms with Gasteiger partial charge in [0.1, 0.15) is 0 Å². The number of hydrogen-bond donors (Lipinski definition) is 1. The molecule has 0 bridgehead atoms. The summed E-state index contributed by atoms with van der Waals surface area (Å²) in [4.78, 5) is 5.20. The number of rotatable bonds is 2. The summed E-state index contributed by atoms with van der Waals surface area (Å²) in [5.41, 5.74) is 9.79. The molecule has 2 unspecified atom stereocenters. The molecule has 1 fully saturated rings. The Kier molecular flexibility index (Phi) is 3.50. The average molecular weight is 259 g/mol. The van der Waals surface area contributed by atoms with Crippen molar-refractivity contribution in [1.29, 1.82) is 0 Å². The van der Waals surface area contributed by atoms with Crippen LogP contribution in [0.5, 0.6) is 0 Å². The van der Waals surface area contributed by atoms with E-state index in [-0.39, 0.29) is 0 Å². The lowest BCUT2D eigenvalue weighted by molar-refractivity contribution is 0.0623. The van der Waals surface area contributed by atoms with Crippen molar-refractivity contribution in [2.24, 2.45) is 0 Å². The van der Waals surface area contributed by atoms with E-state index in [4.69, 9.17) is 5.73 Å². The predicted molar refractivity (Wildman–Crippen MR) is 80.2 cm³/mol. The predicted octanol–water partition coefficient (Wildman–Crippen LogP) is 2.28. The first-order chi connectivity index (χ1) is 9.19. The van der Waals surface area contributed by atoms with E-state index in [1.54, 1.807) is 0 Å². The summed E-state index contributed by atoms with van der Waals surface area (Å²) in [5, 5.41) is 0. The fraction of sp³-hybridized carbons (Fsp3) is 0.625. The lowest BCUT2D eigenvalue weighted by Crippen LogP contribution is -2.51. The number of nitrogens with zero attached hydrogens (tertiary/aromatic N) is 2. The zero-order valence-electron chi connectivity index (χ0n) is 12.1. The van der Waals surface area contributed by atoms with Crippen LogP contribution in [-0.2, 0) is 6.42 Å². The van der Waals surface area contributed by atoms with Crippen molar-refractivity contribution >= 4 is 5.69 Å². The maximum atomic E-state index is 5.90. The van der Waals surface area contributed by atoms with Gasteiger partial charge in [-0.3, -0.25) is 4.90 Å². The Morgan fingerprint density at radius 1 is 1.32 bits per heavy atom. The van der Waals surface area contributed by atoms with E-state index in [0.717, 1.165) is 5.69 Å². The van der Waals surface area contributed by atoms with E-state index in [1.807, 2.05) is 0 Å². The molecule has 0 saturated carbocycles. The summed E-state index contributed by atoms with van der Waals surface area (Å²) < 4.78 is 0. The quantitative estimate of drug-likeness (QED) is 0.827. The van der Waals surface area contributed by atoms with Crippen LogP contribution in [0.1, 0.15) is 36.9 Å². The number of aryl methyl sites for hydroxylation is 1. The third-order valence-corrected chi connectivity index (χ3v) is 4.93. The molecular weight excluding hydrogens is 234 g/mol. The number of piperazine rings is 1. The molecule has 2 atom stereocenters. The van der Waals surface area contributed by atoms with Crippen LogP contribution in [0, 0.1) is 0 Å². The number of hydrogen-bond acceptors (Lipinski definition) is 3. The Morgan fingerprint density at radius 3 is 2.95 bits per heavy atom. The van der Waals surface area contributed by atoms with Crippen LogP contribution < -0.4 is 5.73 Å². The highest BCUT2D eigenvalue weighted by Crippen LogP contribution is 2.37. The minimum Gasteiger partial charge on any atom is -0.399 e. The van der Waals surface area contributed by atoms with Crippen molar-refractivity contribution < 1.29 is 0 Å². The second-order valence-electron chi connectivity index (χ2n) is 6.05. The summed E-state index contributed by atoms with van der Waals surface area (Å²) in [6.07, 6.45) is 3.70. The Morgan fingerprint density at radius 2 is 2.16 bits per heavy atom. The fourth-order valence-electron chi connectivity index (χ4n) is 3.69. The highest BCUT2D eigenvalue weighted by molar-refractivity contribution is 5.47. The molecule has 3 rings (SSSR count). The number of anilines is 1. The summed E-state index contributed by atoms with van der Waals surface area (Å²) in [7, 11) is 2.26. The zero-order valence-corrected chi connectivity index (χ0v) is 12.1. The Bertz CT molecular complexity index is 457. The molecular formula is C16H25N3. The van der Waals surface area contributed by atoms with E-state index < -0.39 is 0 Å². The standard InChI is InChI=1S/C16H25N3/c1-3-14-11-19(9-8-18(14)2)16-7-4-12-10-13(17)5-6-15(12)16/h5-6,10,14,16H,3-4,7-9,11,17H2,1-2H3. The van der Waals surface area contributed by atoms with Gasteiger partial charge < -0.3 is 10.6 Å². The fourth-order valence-corrected chi connectivity index (χ4v) is 3.69. The first-order valence-electron chi connectivity index (χ1n) is 7.51. The highest BCUT2D eigenvalue weighted by atomic mass is 15.3. The van der Waals surface area contributed by atoms with Gasteiger partial charge in [0.15, 0.2) is 0 Å². The van der Waals surface area contributed by atoms with Gasteiger partial charge in [-0.15, -0.1) is 0 Å². The van der Waals surface area contributed by atoms with Crippen molar-refractivity contribution in [3.8, 4) is 0 Å². The van der Waals surface area contributed by atoms with Crippen LogP contribution in [-0.4, -0.2) is 42.5 Å². The van der Waals surface area contributed by atoms with E-state index in [1.165, 1.54) is 50.0 Å². The summed E-state index contributed by atoms with van der Waals surface area (Å²) in [6, 6.07) is 7.82. The first kappa shape index (κ1) is 12.9. The molecule has 0 radical (unpaired) electrons. The number of nitrogen functional groups attached to an aromatic ring is 1. The Balaban J connectivity index is 1.78. The monoisotopic (exact) mass is 259 g/mol. The molecule has 2 N–H and O–H groups in total. The largest absolute Gasteiger partial charge is 0.399 e. The number of likely N-dealkylation sites (N-methyl/N-ethyl adjacent to an activating group) is 1. The van der Waals surface area contributed by atoms with Gasteiger partial charge in [-0.25, -0.2) is 0 Å². The lowest BCUT2D eigenvalue weighted by atomic mass is 10.0. The summed E-state index contributed by atoms with van der Waals surface area (Å²) in [5.74, 6) is 0. The van der Waals surface area contributed by atoms with Crippen molar-refractivity contribution in [1.82, 2.24) is 9.80 Å². The van der Waals surface area contributed by atoms with Gasteiger partial charge in [0.05, 0.1) is 0 Å². The molecule has 1 aromatic rings. The molecule has 0 aromatic heterocycles. The molecule has 1 saturated heterocycles. The van der Waals surface area contributed by atoms with Crippen molar-refractivity contribution in [3.05, 3.63) is 29.3 Å². The van der Waals surface area contributed by atoms with E-state index in [2.05, 4.69) is 42.0 Å². The van der Waals surface area contributed by atoms with Crippen LogP contribution in [0.2, 0.25) is 0 Å². The minimum atomic E-state index is 0.623. The highest BCUT2D eigenvalue weighted by Gasteiger charge is 2.32. The Hall–Kier alpha value is -1.06. The number of fused-ring (bicyclic) bond motifs is 1. The van der Waals surface area contributed by atoms with E-state index in [0.29, 0.717) is 12.1 Å². The van der Waals surface area contributed by atoms with Gasteiger partial charge in [0, 0.05) is 37.4 Å². The Labute approximate surface area is 116 Å². The van der Waals surface area contributed by atoms with Gasteiger partial charge >= 0.3 is 0 Å². The summed E-state index contributed by atoms with van der Waals surface area (Å²) in [6.45, 7) is 5.90. The number of benzene rings is 1. The van der Waals surface area contributed by atoms with Crippen LogP contribution in [0.4, 0.5) is 5.69 Å². The average Bonchev–Trinajstić information content (AvgIpc) is 2.82. The molecule has 3 nitrogen and oxygen atoms in total. The topological polar surface area (TPSA) is 32.5 Å². The molecule has 1 heterocycles. The van der Waals surface area contributed by atoms with Crippen molar-refractivity contribution in [3.63, 3.8) is 0 Å². The van der Waals surface area contributed by atoms with Gasteiger partial charge in [0.25, 0.3) is 0 Å². The molecule has 2 aliphatic rings. The molecule has 1 aliphatic heterocycles. The maximum Gasteiger partial charge on any atom is 0.0355 e. The van der Waals surface area contributed by atoms with E-state index in [9.17, 15) is 0 Å². The van der Waals surface area contributed by atoms with E-state index >= 15 is 0 Å². The second-order valence-corrected chi connectivity index (χ2v) is 6.05. The van der Waals surface area contributed by atoms with Crippen molar-refractivity contribution in [2.75, 3.05) is 32.4 Å². The van der Waals surface area contributed by atoms with Gasteiger partial charge in [0.2, 0.25) is 0 Å². The molecule has 104 valence electrons. The molecule has 0 spiro atoms. The smallest absolute Gasteiger partial charge is 0.0355 e. The van der Waals surface area contributed by atoms with Crippen LogP contribution in [0.25, 0.3) is 0 Å². The lowest BCUT2D eigenvalue weighted by Gasteiger charge is -2.42. The van der Waals surface area contributed by atoms with Crippen LogP contribution in [0.3, 0.4) is 0 Å². The van der Waals surface area contributed by atoms with Gasteiger partial charge in [-0.1, -0.05) is 13.0 Å². The molecule has 0 amide bonds. The molecule has 1 aromatic carbocycles. The third kappa shape index (κ3) is 2.37. The SMILES string of the molecule is CCC1CN(C2CCc3cc(N)ccc32)CCN1C. The maximum absolute atomic E-state index is 5.90. The molecule has 3 heteroatoms. The van der Waals surface area contributed by atoms with Gasteiger partial charge in [-0.05, 0) is 49.6 Å². The van der Waals surface area contributed by atoms with Gasteiger partial charge in [-0.2, -0.15) is 0 Å². The normalized spacial score (nSPS) is 28.5. The zero-order chi connectivity index (χ0) is 13.4. The minimum absolute atomic E-state index is 0.623. The second kappa shape index (κ2) is 5.14. The van der Waals surface area contributed by atoms with Crippen LogP contribution >= 0.6 is 0 Å². The third-order valence-electron chi connectivity index (χ3n) is 4.93. The molecule has 19 heavy (non-hydrogen) atoms. The number of nitrogens with two attached hydrogens (primary N) is 1. The van der Waals surface area contributed by atoms with Crippen LogP contribution in [0.15, 0.2) is 18.2 Å².